The molecule has 0 bridgehead atoms. The lowest BCUT2D eigenvalue weighted by atomic mass is 10.3. The zero-order valence-electron chi connectivity index (χ0n) is 9.65. The highest BCUT2D eigenvalue weighted by Crippen LogP contribution is 2.18. The summed E-state index contributed by atoms with van der Waals surface area (Å²) in [5, 5.41) is 8.42. The number of sulfonamides is 1. The molecule has 5 nitrogen and oxygen atoms in total. The second-order valence-corrected chi connectivity index (χ2v) is 7.23. The van der Waals surface area contributed by atoms with Gasteiger partial charge in [-0.05, 0) is 27.2 Å². The van der Waals surface area contributed by atoms with Crippen LogP contribution in [0.1, 0.15) is 33.6 Å². The first kappa shape index (κ1) is 14.4. The van der Waals surface area contributed by atoms with Gasteiger partial charge in [0.2, 0.25) is 10.0 Å². The number of carboxylic acids is 1. The first-order valence-corrected chi connectivity index (χ1v) is 6.20. The molecule has 0 atom stereocenters. The van der Waals surface area contributed by atoms with Crippen molar-refractivity contribution in [3.05, 3.63) is 0 Å². The average Bonchev–Trinajstić information content (AvgIpc) is 2.01. The van der Waals surface area contributed by atoms with Gasteiger partial charge < -0.3 is 5.11 Å². The molecule has 0 radical (unpaired) electrons. The van der Waals surface area contributed by atoms with E-state index in [0.717, 1.165) is 0 Å². The monoisotopic (exact) mass is 237 g/mol. The predicted octanol–water partition coefficient (Wildman–Crippen LogP) is 0.911. The summed E-state index contributed by atoms with van der Waals surface area (Å²) in [5.41, 5.74) is 0. The summed E-state index contributed by atoms with van der Waals surface area (Å²) < 4.78 is 24.0. The van der Waals surface area contributed by atoms with Gasteiger partial charge in [0, 0.05) is 20.0 Å². The molecule has 0 aliphatic heterocycles. The Balaban J connectivity index is 4.34. The van der Waals surface area contributed by atoms with Gasteiger partial charge in [-0.25, -0.2) is 12.7 Å². The van der Waals surface area contributed by atoms with Gasteiger partial charge in [-0.3, -0.25) is 4.79 Å². The third-order valence-electron chi connectivity index (χ3n) is 2.05. The molecule has 0 aliphatic carbocycles. The molecule has 6 heteroatoms. The third kappa shape index (κ3) is 4.17. The fourth-order valence-corrected chi connectivity index (χ4v) is 2.35. The van der Waals surface area contributed by atoms with Crippen molar-refractivity contribution in [2.24, 2.45) is 0 Å². The molecule has 0 rings (SSSR count). The van der Waals surface area contributed by atoms with Crippen molar-refractivity contribution in [1.29, 1.82) is 0 Å². The quantitative estimate of drug-likeness (QED) is 0.771. The Labute approximate surface area is 91.1 Å². The lowest BCUT2D eigenvalue weighted by Gasteiger charge is -2.26. The molecular formula is C9H19NO4S. The highest BCUT2D eigenvalue weighted by molar-refractivity contribution is 7.90. The number of nitrogens with zero attached hydrogens (tertiary/aromatic N) is 1. The lowest BCUT2D eigenvalue weighted by Crippen LogP contribution is -2.41. The highest BCUT2D eigenvalue weighted by Gasteiger charge is 2.32. The molecule has 90 valence electrons. The van der Waals surface area contributed by atoms with E-state index in [9.17, 15) is 13.2 Å². The molecule has 0 aliphatic rings. The Hall–Kier alpha value is -0.620. The van der Waals surface area contributed by atoms with Crippen LogP contribution in [0.5, 0.6) is 0 Å². The van der Waals surface area contributed by atoms with E-state index in [0.29, 0.717) is 6.42 Å². The number of carbonyl (C=O) groups is 1. The largest absolute Gasteiger partial charge is 0.481 e. The van der Waals surface area contributed by atoms with E-state index >= 15 is 0 Å². The van der Waals surface area contributed by atoms with Gasteiger partial charge >= 0.3 is 5.97 Å². The van der Waals surface area contributed by atoms with Crippen molar-refractivity contribution in [2.45, 2.75) is 38.4 Å². The Morgan fingerprint density at radius 1 is 1.33 bits per heavy atom. The molecule has 15 heavy (non-hydrogen) atoms. The zero-order chi connectivity index (χ0) is 12.3. The second kappa shape index (κ2) is 4.94. The van der Waals surface area contributed by atoms with E-state index in [2.05, 4.69) is 0 Å². The van der Waals surface area contributed by atoms with Gasteiger partial charge in [-0.15, -0.1) is 0 Å². The zero-order valence-corrected chi connectivity index (χ0v) is 10.5. The second-order valence-electron chi connectivity index (χ2n) is 4.44. The van der Waals surface area contributed by atoms with Crippen LogP contribution in [0.2, 0.25) is 0 Å². The van der Waals surface area contributed by atoms with Crippen LogP contribution in [0.25, 0.3) is 0 Å². The fraction of sp³-hybridized carbons (Fsp3) is 0.889. The van der Waals surface area contributed by atoms with Crippen LogP contribution in [0, 0.1) is 0 Å². The average molecular weight is 237 g/mol. The van der Waals surface area contributed by atoms with Crippen molar-refractivity contribution in [1.82, 2.24) is 4.31 Å². The minimum atomic E-state index is -3.33. The number of rotatable bonds is 5. The normalized spacial score (nSPS) is 13.1. The molecular weight excluding hydrogens is 218 g/mol. The molecule has 0 saturated carbocycles. The Kier molecular flexibility index (Phi) is 4.73. The van der Waals surface area contributed by atoms with Gasteiger partial charge in [0.15, 0.2) is 0 Å². The summed E-state index contributed by atoms with van der Waals surface area (Å²) in [6.45, 7) is 5.11. The van der Waals surface area contributed by atoms with E-state index in [-0.39, 0.29) is 13.0 Å². The van der Waals surface area contributed by atoms with Crippen LogP contribution < -0.4 is 0 Å². The van der Waals surface area contributed by atoms with Crippen molar-refractivity contribution in [3.63, 3.8) is 0 Å². The maximum absolute atomic E-state index is 11.8. The van der Waals surface area contributed by atoms with Crippen LogP contribution >= 0.6 is 0 Å². The summed E-state index contributed by atoms with van der Waals surface area (Å²) in [6, 6.07) is 0. The molecule has 0 aromatic heterocycles. The van der Waals surface area contributed by atoms with E-state index in [1.807, 2.05) is 0 Å². The van der Waals surface area contributed by atoms with Crippen LogP contribution in [-0.2, 0) is 14.8 Å². The number of hydrogen-bond donors (Lipinski definition) is 1. The van der Waals surface area contributed by atoms with Crippen LogP contribution in [0.4, 0.5) is 0 Å². The number of carboxylic acid groups (broad SMARTS) is 1. The molecule has 0 heterocycles. The van der Waals surface area contributed by atoms with Crippen molar-refractivity contribution < 1.29 is 18.3 Å². The summed E-state index contributed by atoms with van der Waals surface area (Å²) in [7, 11) is -1.86. The predicted molar refractivity (Wildman–Crippen MR) is 58.2 cm³/mol. The SMILES string of the molecule is CN(CCCC(=O)O)S(=O)(=O)C(C)(C)C. The Bertz CT molecular complexity index is 315. The van der Waals surface area contributed by atoms with E-state index < -0.39 is 20.7 Å². The molecule has 0 spiro atoms. The summed E-state index contributed by atoms with van der Waals surface area (Å²) in [5.74, 6) is -0.906. The van der Waals surface area contributed by atoms with Crippen LogP contribution in [0.15, 0.2) is 0 Å². The molecule has 0 saturated heterocycles. The molecule has 0 aromatic carbocycles. The molecule has 1 N–H and O–H groups in total. The molecule has 0 aromatic rings. The van der Waals surface area contributed by atoms with Gasteiger partial charge in [0.05, 0.1) is 4.75 Å². The Morgan fingerprint density at radius 3 is 2.13 bits per heavy atom. The topological polar surface area (TPSA) is 74.7 Å². The van der Waals surface area contributed by atoms with Crippen molar-refractivity contribution in [2.75, 3.05) is 13.6 Å². The first-order valence-electron chi connectivity index (χ1n) is 4.76. The lowest BCUT2D eigenvalue weighted by molar-refractivity contribution is -0.137. The summed E-state index contributed by atoms with van der Waals surface area (Å²) >= 11 is 0. The number of hydrogen-bond acceptors (Lipinski definition) is 3. The van der Waals surface area contributed by atoms with Crippen molar-refractivity contribution in [3.8, 4) is 0 Å². The van der Waals surface area contributed by atoms with Crippen LogP contribution in [-0.4, -0.2) is 42.1 Å². The van der Waals surface area contributed by atoms with E-state index in [1.165, 1.54) is 11.4 Å². The van der Waals surface area contributed by atoms with Crippen LogP contribution in [0.3, 0.4) is 0 Å². The summed E-state index contributed by atoms with van der Waals surface area (Å²) in [4.78, 5) is 10.3. The summed E-state index contributed by atoms with van der Waals surface area (Å²) in [6.07, 6.45) is 0.325. The standard InChI is InChI=1S/C9H19NO4S/c1-9(2,3)15(13,14)10(4)7-5-6-8(11)12/h5-7H2,1-4H3,(H,11,12). The van der Waals surface area contributed by atoms with E-state index in [4.69, 9.17) is 5.11 Å². The van der Waals surface area contributed by atoms with Gasteiger partial charge in [0.1, 0.15) is 0 Å². The van der Waals surface area contributed by atoms with Gasteiger partial charge in [0.25, 0.3) is 0 Å². The maximum Gasteiger partial charge on any atom is 0.303 e. The number of aliphatic carboxylic acids is 1. The minimum absolute atomic E-state index is 0.00992. The smallest absolute Gasteiger partial charge is 0.303 e. The van der Waals surface area contributed by atoms with E-state index in [1.54, 1.807) is 20.8 Å². The maximum atomic E-state index is 11.8. The molecule has 0 amide bonds. The third-order valence-corrected chi connectivity index (χ3v) is 4.60. The minimum Gasteiger partial charge on any atom is -0.481 e. The van der Waals surface area contributed by atoms with Gasteiger partial charge in [-0.1, -0.05) is 0 Å². The van der Waals surface area contributed by atoms with Crippen molar-refractivity contribution >= 4 is 16.0 Å². The molecule has 0 fully saturated rings. The van der Waals surface area contributed by atoms with Gasteiger partial charge in [-0.2, -0.15) is 0 Å². The first-order chi connectivity index (χ1) is 6.59. The Morgan fingerprint density at radius 2 is 1.80 bits per heavy atom. The fourth-order valence-electron chi connectivity index (χ4n) is 1.04. The highest BCUT2D eigenvalue weighted by atomic mass is 32.2. The molecule has 0 unspecified atom stereocenters.